The Hall–Kier alpha value is -1.39. The third kappa shape index (κ3) is 2.54. The van der Waals surface area contributed by atoms with Crippen LogP contribution in [0.3, 0.4) is 0 Å². The summed E-state index contributed by atoms with van der Waals surface area (Å²) in [6.45, 7) is 4.86. The quantitative estimate of drug-likeness (QED) is 0.924. The molecule has 1 unspecified atom stereocenters. The number of nitrogens with zero attached hydrogens (tertiary/aromatic N) is 3. The van der Waals surface area contributed by atoms with E-state index in [1.807, 2.05) is 23.7 Å². The summed E-state index contributed by atoms with van der Waals surface area (Å²) in [5, 5.41) is 4.86. The number of nitrogens with two attached hydrogens (primary N) is 1. The van der Waals surface area contributed by atoms with E-state index < -0.39 is 0 Å². The Kier molecular flexibility index (Phi) is 3.99. The largest absolute Gasteiger partial charge is 0.319 e. The van der Waals surface area contributed by atoms with Gasteiger partial charge in [-0.05, 0) is 25.0 Å². The summed E-state index contributed by atoms with van der Waals surface area (Å²) in [6.07, 6.45) is 4.43. The number of pyridine rings is 1. The molecule has 0 radical (unpaired) electrons. The van der Waals surface area contributed by atoms with Crippen molar-refractivity contribution in [1.29, 1.82) is 0 Å². The molecular weight excluding hydrogens is 248 g/mol. The minimum atomic E-state index is -0.292. The molecule has 5 heteroatoms. The first-order valence-electron chi connectivity index (χ1n) is 6.02. The molecule has 0 aliphatic carbocycles. The van der Waals surface area contributed by atoms with E-state index in [-0.39, 0.29) is 6.04 Å². The van der Waals surface area contributed by atoms with E-state index in [2.05, 4.69) is 17.0 Å². The van der Waals surface area contributed by atoms with Crippen LogP contribution in [0, 0.1) is 6.92 Å². The van der Waals surface area contributed by atoms with Gasteiger partial charge in [0.2, 0.25) is 0 Å². The van der Waals surface area contributed by atoms with Crippen LogP contribution < -0.4 is 5.73 Å². The van der Waals surface area contributed by atoms with Gasteiger partial charge in [-0.2, -0.15) is 5.10 Å². The van der Waals surface area contributed by atoms with Gasteiger partial charge in [-0.15, -0.1) is 0 Å². The topological polar surface area (TPSA) is 56.7 Å². The molecule has 2 rings (SSSR count). The van der Waals surface area contributed by atoms with Crippen LogP contribution in [0.25, 0.3) is 0 Å². The Bertz CT molecular complexity index is 518. The van der Waals surface area contributed by atoms with Gasteiger partial charge in [-0.1, -0.05) is 24.6 Å². The normalized spacial score (nSPS) is 12.7. The summed E-state index contributed by atoms with van der Waals surface area (Å²) in [5.74, 6) is 0. The molecule has 4 nitrogen and oxygen atoms in total. The summed E-state index contributed by atoms with van der Waals surface area (Å²) in [5.41, 5.74) is 9.02. The van der Waals surface area contributed by atoms with E-state index in [1.165, 1.54) is 0 Å². The lowest BCUT2D eigenvalue weighted by molar-refractivity contribution is 0.559. The number of aryl methyl sites for hydroxylation is 2. The first kappa shape index (κ1) is 13.1. The predicted molar refractivity (Wildman–Crippen MR) is 72.5 cm³/mol. The second-order valence-corrected chi connectivity index (χ2v) is 4.72. The molecule has 2 aromatic heterocycles. The Labute approximate surface area is 112 Å². The Morgan fingerprint density at radius 1 is 1.39 bits per heavy atom. The summed E-state index contributed by atoms with van der Waals surface area (Å²) in [4.78, 5) is 4.26. The first-order chi connectivity index (χ1) is 8.63. The molecule has 0 bridgehead atoms. The van der Waals surface area contributed by atoms with Crippen molar-refractivity contribution in [2.75, 3.05) is 0 Å². The number of aromatic nitrogens is 3. The lowest BCUT2D eigenvalue weighted by Crippen LogP contribution is -2.18. The third-order valence-corrected chi connectivity index (χ3v) is 3.15. The fourth-order valence-electron chi connectivity index (χ4n) is 1.89. The molecule has 0 saturated heterocycles. The Balaban J connectivity index is 2.35. The van der Waals surface area contributed by atoms with Crippen LogP contribution in [0.4, 0.5) is 0 Å². The molecule has 0 aromatic carbocycles. The van der Waals surface area contributed by atoms with Gasteiger partial charge in [0, 0.05) is 18.4 Å². The highest BCUT2D eigenvalue weighted by Crippen LogP contribution is 2.26. The zero-order chi connectivity index (χ0) is 13.1. The molecule has 2 heterocycles. The number of halogens is 1. The second kappa shape index (κ2) is 5.50. The van der Waals surface area contributed by atoms with Crippen molar-refractivity contribution in [2.45, 2.75) is 32.9 Å². The summed E-state index contributed by atoms with van der Waals surface area (Å²) in [7, 11) is 0. The standard InChI is InChI=1S/C13H17ClN4/c1-3-6-18-13(11(14)8-17-18)12(15)10-5-4-9(2)16-7-10/h4-5,7-8,12H,3,6,15H2,1-2H3. The van der Waals surface area contributed by atoms with Gasteiger partial charge >= 0.3 is 0 Å². The molecule has 18 heavy (non-hydrogen) atoms. The molecule has 0 amide bonds. The second-order valence-electron chi connectivity index (χ2n) is 4.31. The van der Waals surface area contributed by atoms with E-state index in [1.54, 1.807) is 12.4 Å². The van der Waals surface area contributed by atoms with Gasteiger partial charge in [0.15, 0.2) is 0 Å². The molecule has 0 aliphatic rings. The minimum absolute atomic E-state index is 0.292. The average Bonchev–Trinajstić information content (AvgIpc) is 2.71. The van der Waals surface area contributed by atoms with E-state index in [9.17, 15) is 0 Å². The zero-order valence-electron chi connectivity index (χ0n) is 10.6. The number of rotatable bonds is 4. The molecule has 1 atom stereocenters. The maximum atomic E-state index is 6.26. The maximum Gasteiger partial charge on any atom is 0.0837 e. The lowest BCUT2D eigenvalue weighted by Gasteiger charge is -2.15. The van der Waals surface area contributed by atoms with Crippen LogP contribution in [0.5, 0.6) is 0 Å². The fourth-order valence-corrected chi connectivity index (χ4v) is 2.15. The molecule has 2 aromatic rings. The SMILES string of the molecule is CCCn1ncc(Cl)c1C(N)c1ccc(C)nc1. The van der Waals surface area contributed by atoms with Crippen LogP contribution >= 0.6 is 11.6 Å². The van der Waals surface area contributed by atoms with E-state index >= 15 is 0 Å². The highest BCUT2D eigenvalue weighted by atomic mass is 35.5. The molecule has 0 spiro atoms. The van der Waals surface area contributed by atoms with Gasteiger partial charge in [0.05, 0.1) is 23.0 Å². The molecule has 2 N–H and O–H groups in total. The van der Waals surface area contributed by atoms with Crippen LogP contribution in [-0.4, -0.2) is 14.8 Å². The number of hydrogen-bond acceptors (Lipinski definition) is 3. The monoisotopic (exact) mass is 264 g/mol. The van der Waals surface area contributed by atoms with Crippen molar-refractivity contribution in [3.63, 3.8) is 0 Å². The van der Waals surface area contributed by atoms with Gasteiger partial charge in [-0.25, -0.2) is 0 Å². The van der Waals surface area contributed by atoms with Crippen LogP contribution in [0.2, 0.25) is 5.02 Å². The molecule has 0 fully saturated rings. The van der Waals surface area contributed by atoms with Crippen molar-refractivity contribution in [3.8, 4) is 0 Å². The van der Waals surface area contributed by atoms with E-state index in [4.69, 9.17) is 17.3 Å². The fraction of sp³-hybridized carbons (Fsp3) is 0.385. The molecule has 0 aliphatic heterocycles. The van der Waals surface area contributed by atoms with Crippen molar-refractivity contribution >= 4 is 11.6 Å². The summed E-state index contributed by atoms with van der Waals surface area (Å²) >= 11 is 6.17. The molecule has 96 valence electrons. The summed E-state index contributed by atoms with van der Waals surface area (Å²) < 4.78 is 1.87. The van der Waals surface area contributed by atoms with Crippen LogP contribution in [0.1, 0.15) is 36.3 Å². The van der Waals surface area contributed by atoms with Gasteiger partial charge in [0.25, 0.3) is 0 Å². The first-order valence-corrected chi connectivity index (χ1v) is 6.40. The van der Waals surface area contributed by atoms with Gasteiger partial charge in [0.1, 0.15) is 0 Å². The van der Waals surface area contributed by atoms with Crippen molar-refractivity contribution < 1.29 is 0 Å². The van der Waals surface area contributed by atoms with Crippen molar-refractivity contribution in [1.82, 2.24) is 14.8 Å². The van der Waals surface area contributed by atoms with E-state index in [0.29, 0.717) is 5.02 Å². The van der Waals surface area contributed by atoms with E-state index in [0.717, 1.165) is 29.9 Å². The molecule has 0 saturated carbocycles. The van der Waals surface area contributed by atoms with Crippen molar-refractivity contribution in [3.05, 3.63) is 46.5 Å². The summed E-state index contributed by atoms with van der Waals surface area (Å²) in [6, 6.07) is 3.63. The van der Waals surface area contributed by atoms with Gasteiger partial charge < -0.3 is 5.73 Å². The predicted octanol–water partition coefficient (Wildman–Crippen LogP) is 2.70. The smallest absolute Gasteiger partial charge is 0.0837 e. The average molecular weight is 265 g/mol. The number of hydrogen-bond donors (Lipinski definition) is 1. The Morgan fingerprint density at radius 3 is 2.78 bits per heavy atom. The Morgan fingerprint density at radius 2 is 2.17 bits per heavy atom. The molecular formula is C13H17ClN4. The zero-order valence-corrected chi connectivity index (χ0v) is 11.4. The van der Waals surface area contributed by atoms with Crippen LogP contribution in [0.15, 0.2) is 24.5 Å². The van der Waals surface area contributed by atoms with Crippen LogP contribution in [-0.2, 0) is 6.54 Å². The highest BCUT2D eigenvalue weighted by Gasteiger charge is 2.18. The maximum absolute atomic E-state index is 6.26. The van der Waals surface area contributed by atoms with Crippen molar-refractivity contribution in [2.24, 2.45) is 5.73 Å². The lowest BCUT2D eigenvalue weighted by atomic mass is 10.1. The third-order valence-electron chi connectivity index (χ3n) is 2.86. The van der Waals surface area contributed by atoms with Gasteiger partial charge in [-0.3, -0.25) is 9.67 Å². The minimum Gasteiger partial charge on any atom is -0.319 e. The highest BCUT2D eigenvalue weighted by molar-refractivity contribution is 6.31.